The minimum atomic E-state index is -2.91. The Hall–Kier alpha value is -3.02. The highest BCUT2D eigenvalue weighted by molar-refractivity contribution is 5.90. The van der Waals surface area contributed by atoms with Crippen molar-refractivity contribution in [2.45, 2.75) is 89.1 Å². The topological polar surface area (TPSA) is 166 Å². The summed E-state index contributed by atoms with van der Waals surface area (Å²) in [6.07, 6.45) is 16.8. The average Bonchev–Trinajstić information content (AvgIpc) is 2.94. The van der Waals surface area contributed by atoms with E-state index in [2.05, 4.69) is 48.1 Å². The van der Waals surface area contributed by atoms with Crippen LogP contribution in [0.2, 0.25) is 0 Å². The minimum absolute atomic E-state index is 0.130. The van der Waals surface area contributed by atoms with Crippen LogP contribution in [0, 0.1) is 0 Å². The first-order valence-corrected chi connectivity index (χ1v) is 13.0. The molecule has 38 heavy (non-hydrogen) atoms. The molecule has 1 aliphatic rings. The number of carbonyl (C=O) groups is 4. The van der Waals surface area contributed by atoms with Crippen LogP contribution in [-0.2, 0) is 38.1 Å². The molecule has 0 aromatic heterocycles. The number of allylic oxidation sites excluding steroid dienone is 6. The van der Waals surface area contributed by atoms with Crippen molar-refractivity contribution in [3.05, 3.63) is 36.5 Å². The highest BCUT2D eigenvalue weighted by Crippen LogP contribution is 2.22. The summed E-state index contributed by atoms with van der Waals surface area (Å²) in [5.74, 6) is -8.19. The van der Waals surface area contributed by atoms with Gasteiger partial charge in [-0.25, -0.2) is 14.4 Å². The molecular weight excluding hydrogens is 500 g/mol. The first-order valence-electron chi connectivity index (χ1n) is 13.0. The number of carbonyl (C=O) groups excluding carboxylic acids is 4. The Kier molecular flexibility index (Phi) is 16.6. The molecule has 1 rings (SSSR count). The maximum Gasteiger partial charge on any atom is 0.396 e. The lowest BCUT2D eigenvalue weighted by molar-refractivity contribution is -0.251. The van der Waals surface area contributed by atoms with Crippen molar-refractivity contribution >= 4 is 23.9 Å². The van der Waals surface area contributed by atoms with Crippen LogP contribution >= 0.6 is 0 Å². The van der Waals surface area contributed by atoms with Gasteiger partial charge >= 0.3 is 29.7 Å². The first kappa shape index (κ1) is 33.0. The third kappa shape index (κ3) is 12.0. The fraction of sp³-hybridized carbons (Fsp3) is 0.630. The van der Waals surface area contributed by atoms with Gasteiger partial charge in [0.1, 0.15) is 6.61 Å². The van der Waals surface area contributed by atoms with Crippen molar-refractivity contribution in [3.63, 3.8) is 0 Å². The monoisotopic (exact) mass is 540 g/mol. The van der Waals surface area contributed by atoms with Crippen molar-refractivity contribution < 1.29 is 53.4 Å². The molecule has 3 unspecified atom stereocenters. The van der Waals surface area contributed by atoms with Gasteiger partial charge in [0.2, 0.25) is 12.2 Å². The zero-order valence-corrected chi connectivity index (χ0v) is 21.9. The van der Waals surface area contributed by atoms with Gasteiger partial charge in [0.05, 0.1) is 13.2 Å². The Morgan fingerprint density at radius 2 is 1.39 bits per heavy atom. The van der Waals surface area contributed by atoms with Crippen molar-refractivity contribution in [1.82, 2.24) is 0 Å². The van der Waals surface area contributed by atoms with Crippen LogP contribution in [0.15, 0.2) is 36.5 Å². The molecule has 0 aromatic carbocycles. The lowest BCUT2D eigenvalue weighted by Crippen LogP contribution is -2.53. The molecule has 1 heterocycles. The van der Waals surface area contributed by atoms with E-state index >= 15 is 0 Å². The second kappa shape index (κ2) is 19.1. The molecule has 0 bridgehead atoms. The van der Waals surface area contributed by atoms with Crippen molar-refractivity contribution in [3.8, 4) is 0 Å². The summed E-state index contributed by atoms with van der Waals surface area (Å²) in [6, 6.07) is 0. The van der Waals surface area contributed by atoms with E-state index in [9.17, 15) is 34.5 Å². The molecule has 1 aliphatic heterocycles. The summed E-state index contributed by atoms with van der Waals surface area (Å²) in [6.45, 7) is -1.24. The average molecular weight is 541 g/mol. The maximum absolute atomic E-state index is 12.5. The van der Waals surface area contributed by atoms with Crippen molar-refractivity contribution in [2.75, 3.05) is 19.8 Å². The molecule has 1 saturated heterocycles. The molecule has 11 heteroatoms. The summed E-state index contributed by atoms with van der Waals surface area (Å²) < 4.78 is 19.2. The highest BCUT2D eigenvalue weighted by Gasteiger charge is 2.52. The van der Waals surface area contributed by atoms with Gasteiger partial charge in [-0.3, -0.25) is 4.79 Å². The second-order valence-electron chi connectivity index (χ2n) is 8.59. The van der Waals surface area contributed by atoms with Gasteiger partial charge in [-0.15, -0.1) is 0 Å². The van der Waals surface area contributed by atoms with Gasteiger partial charge in [-0.2, -0.15) is 0 Å². The third-order valence-corrected chi connectivity index (χ3v) is 5.46. The number of hydrogen-bond acceptors (Lipinski definition) is 11. The molecule has 0 aromatic rings. The van der Waals surface area contributed by atoms with Gasteiger partial charge in [0.15, 0.2) is 0 Å². The van der Waals surface area contributed by atoms with Gasteiger partial charge in [0.25, 0.3) is 0 Å². The number of hydrogen-bond donors (Lipinski definition) is 3. The van der Waals surface area contributed by atoms with Gasteiger partial charge in [-0.1, -0.05) is 62.6 Å². The number of rotatable bonds is 17. The zero-order chi connectivity index (χ0) is 28.2. The summed E-state index contributed by atoms with van der Waals surface area (Å²) >= 11 is 0. The lowest BCUT2D eigenvalue weighted by atomic mass is 10.1. The number of cyclic esters (lactones) is 3. The minimum Gasteiger partial charge on any atom is -0.445 e. The molecule has 0 radical (unpaired) electrons. The predicted octanol–water partition coefficient (Wildman–Crippen LogP) is 2.17. The van der Waals surface area contributed by atoms with Crippen LogP contribution in [0.3, 0.4) is 0 Å². The number of ether oxygens (including phenoxy) is 4. The van der Waals surface area contributed by atoms with E-state index in [0.717, 1.165) is 44.9 Å². The van der Waals surface area contributed by atoms with Crippen LogP contribution in [0.4, 0.5) is 0 Å². The molecule has 3 N–H and O–H groups in total. The predicted molar refractivity (Wildman–Crippen MR) is 135 cm³/mol. The number of aliphatic hydroxyl groups excluding tert-OH is 3. The number of aliphatic hydroxyl groups is 3. The normalized spacial score (nSPS) is 22.7. The summed E-state index contributed by atoms with van der Waals surface area (Å²) in [5.41, 5.74) is 0. The van der Waals surface area contributed by atoms with Crippen LogP contribution in [-0.4, -0.2) is 77.0 Å². The van der Waals surface area contributed by atoms with Crippen LogP contribution < -0.4 is 0 Å². The molecule has 11 nitrogen and oxygen atoms in total. The molecular formula is C27H40O11. The van der Waals surface area contributed by atoms with Crippen molar-refractivity contribution in [1.29, 1.82) is 0 Å². The Labute approximate surface area is 223 Å². The Morgan fingerprint density at radius 3 is 2.03 bits per heavy atom. The Balaban J connectivity index is 2.44. The van der Waals surface area contributed by atoms with E-state index in [1.54, 1.807) is 0 Å². The Morgan fingerprint density at radius 1 is 0.816 bits per heavy atom. The SMILES string of the molecule is CC/C=C\C/C=C\C/C=C\CCCCCCCC(=O)OC1(CO)OC(=O)C(CO)OC(=O)C(CO)OC1=O. The summed E-state index contributed by atoms with van der Waals surface area (Å²) in [5, 5.41) is 28.3. The smallest absolute Gasteiger partial charge is 0.396 e. The van der Waals surface area contributed by atoms with E-state index in [0.29, 0.717) is 12.8 Å². The summed E-state index contributed by atoms with van der Waals surface area (Å²) in [7, 11) is 0. The molecule has 0 saturated carbocycles. The molecule has 1 fully saturated rings. The zero-order valence-electron chi connectivity index (χ0n) is 21.9. The van der Waals surface area contributed by atoms with Gasteiger partial charge < -0.3 is 34.3 Å². The third-order valence-electron chi connectivity index (χ3n) is 5.46. The molecule has 214 valence electrons. The van der Waals surface area contributed by atoms with E-state index in [1.807, 2.05) is 0 Å². The second-order valence-corrected chi connectivity index (χ2v) is 8.59. The standard InChI is InChI=1S/C27H40O11/c1-2-3-4-5-6-7-8-9-10-11-12-13-14-15-16-17-23(31)37-27(20-30)26(34)36-21(18-28)24(32)35-22(19-29)25(33)38-27/h3-4,6-7,9-10,21-22,28-30H,2,5,8,11-20H2,1H3/b4-3-,7-6-,10-9-. The van der Waals surface area contributed by atoms with Gasteiger partial charge in [-0.05, 0) is 38.5 Å². The number of esters is 4. The van der Waals surface area contributed by atoms with Crippen LogP contribution in [0.25, 0.3) is 0 Å². The first-order chi connectivity index (χ1) is 18.3. The van der Waals surface area contributed by atoms with E-state index in [4.69, 9.17) is 14.2 Å². The van der Waals surface area contributed by atoms with Crippen LogP contribution in [0.5, 0.6) is 0 Å². The fourth-order valence-electron chi connectivity index (χ4n) is 3.34. The maximum atomic E-state index is 12.5. The molecule has 0 amide bonds. The summed E-state index contributed by atoms with van der Waals surface area (Å²) in [4.78, 5) is 49.1. The lowest BCUT2D eigenvalue weighted by Gasteiger charge is -2.28. The fourth-order valence-corrected chi connectivity index (χ4v) is 3.34. The molecule has 0 aliphatic carbocycles. The highest BCUT2D eigenvalue weighted by atomic mass is 16.8. The van der Waals surface area contributed by atoms with E-state index in [1.165, 1.54) is 0 Å². The van der Waals surface area contributed by atoms with Crippen LogP contribution in [0.1, 0.15) is 71.1 Å². The van der Waals surface area contributed by atoms with Gasteiger partial charge in [0, 0.05) is 6.42 Å². The largest absolute Gasteiger partial charge is 0.445 e. The van der Waals surface area contributed by atoms with Crippen molar-refractivity contribution in [2.24, 2.45) is 0 Å². The molecule has 3 atom stereocenters. The molecule has 0 spiro atoms. The Bertz CT molecular complexity index is 831. The quantitative estimate of drug-likeness (QED) is 0.107. The van der Waals surface area contributed by atoms with E-state index in [-0.39, 0.29) is 6.42 Å². The van der Waals surface area contributed by atoms with E-state index < -0.39 is 61.7 Å². The number of unbranched alkanes of at least 4 members (excludes halogenated alkanes) is 5.